The zero-order valence-corrected chi connectivity index (χ0v) is 16.5. The Balaban J connectivity index is 1.88. The van der Waals surface area contributed by atoms with Gasteiger partial charge in [-0.05, 0) is 41.5 Å². The summed E-state index contributed by atoms with van der Waals surface area (Å²) in [6.45, 7) is 4.33. The van der Waals surface area contributed by atoms with Crippen LogP contribution in [0.4, 0.5) is 0 Å². The molecule has 0 aliphatic carbocycles. The number of nitrogens with one attached hydrogen (secondary N) is 1. The third-order valence-electron chi connectivity index (χ3n) is 4.37. The number of nitrogens with zero attached hydrogens (tertiary/aromatic N) is 2. The maximum Gasteiger partial charge on any atom is 0.255 e. The van der Waals surface area contributed by atoms with Gasteiger partial charge in [-0.2, -0.15) is 5.26 Å². The van der Waals surface area contributed by atoms with Gasteiger partial charge >= 0.3 is 0 Å². The summed E-state index contributed by atoms with van der Waals surface area (Å²) in [6.07, 6.45) is 3.38. The molecule has 3 rings (SSSR count). The summed E-state index contributed by atoms with van der Waals surface area (Å²) in [5.74, 6) is -0.311. The van der Waals surface area contributed by atoms with Crippen molar-refractivity contribution >= 4 is 11.6 Å². The Hall–Kier alpha value is -4.23. The number of carbonyl (C=O) groups excluding carboxylic acids is 1. The molecule has 1 amide bonds. The predicted octanol–water partition coefficient (Wildman–Crippen LogP) is 5.05. The Labute approximate surface area is 176 Å². The second kappa shape index (κ2) is 10.4. The zero-order valence-electron chi connectivity index (χ0n) is 16.5. The fraction of sp³-hybridized carbons (Fsp3) is 0.0385. The standard InChI is InChI=1S/C26H21N3O/c1-2-24(29-26(30)23-15-9-12-21(16-23)18-27)17-25(22-13-7-4-8-14-22)28-19-20-10-5-3-6-11-20/h2-17H,1,19H2,(H,29,30). The Morgan fingerprint density at radius 3 is 2.30 bits per heavy atom. The van der Waals surface area contributed by atoms with Gasteiger partial charge < -0.3 is 5.32 Å². The summed E-state index contributed by atoms with van der Waals surface area (Å²) in [6, 6.07) is 28.4. The molecule has 30 heavy (non-hydrogen) atoms. The number of hydrogen-bond donors (Lipinski definition) is 1. The maximum absolute atomic E-state index is 12.6. The number of carbonyl (C=O) groups is 1. The molecule has 3 aromatic carbocycles. The molecule has 3 aromatic rings. The zero-order chi connectivity index (χ0) is 21.2. The topological polar surface area (TPSA) is 65.2 Å². The van der Waals surface area contributed by atoms with Gasteiger partial charge in [0, 0.05) is 11.3 Å². The molecule has 1 N–H and O–H groups in total. The van der Waals surface area contributed by atoms with Crippen molar-refractivity contribution in [2.45, 2.75) is 6.54 Å². The highest BCUT2D eigenvalue weighted by Gasteiger charge is 2.09. The molecule has 0 saturated carbocycles. The first-order chi connectivity index (χ1) is 14.7. The van der Waals surface area contributed by atoms with Crippen LogP contribution >= 0.6 is 0 Å². The second-order valence-corrected chi connectivity index (χ2v) is 6.50. The molecular formula is C26H21N3O. The van der Waals surface area contributed by atoms with Crippen molar-refractivity contribution in [3.8, 4) is 6.07 Å². The highest BCUT2D eigenvalue weighted by molar-refractivity contribution is 6.09. The molecule has 0 bridgehead atoms. The smallest absolute Gasteiger partial charge is 0.255 e. The van der Waals surface area contributed by atoms with Crippen molar-refractivity contribution in [1.82, 2.24) is 5.32 Å². The normalized spacial score (nSPS) is 11.4. The van der Waals surface area contributed by atoms with Gasteiger partial charge in [-0.25, -0.2) is 0 Å². The molecule has 0 aromatic heterocycles. The molecule has 4 nitrogen and oxygen atoms in total. The van der Waals surface area contributed by atoms with Crippen LogP contribution in [0.2, 0.25) is 0 Å². The van der Waals surface area contributed by atoms with Gasteiger partial charge in [0.2, 0.25) is 0 Å². The van der Waals surface area contributed by atoms with Crippen LogP contribution in [0.3, 0.4) is 0 Å². The van der Waals surface area contributed by atoms with E-state index in [1.54, 1.807) is 36.4 Å². The van der Waals surface area contributed by atoms with Crippen LogP contribution in [0.1, 0.15) is 27.0 Å². The summed E-state index contributed by atoms with van der Waals surface area (Å²) in [7, 11) is 0. The van der Waals surface area contributed by atoms with Crippen LogP contribution in [-0.2, 0) is 6.54 Å². The lowest BCUT2D eigenvalue weighted by Crippen LogP contribution is -2.22. The van der Waals surface area contributed by atoms with E-state index in [1.165, 1.54) is 0 Å². The van der Waals surface area contributed by atoms with Crippen molar-refractivity contribution in [2.75, 3.05) is 0 Å². The van der Waals surface area contributed by atoms with E-state index in [-0.39, 0.29) is 5.91 Å². The average molecular weight is 391 g/mol. The summed E-state index contributed by atoms with van der Waals surface area (Å²) in [5.41, 5.74) is 4.13. The number of amides is 1. The van der Waals surface area contributed by atoms with Gasteiger partial charge in [-0.15, -0.1) is 0 Å². The van der Waals surface area contributed by atoms with E-state index < -0.39 is 0 Å². The first-order valence-corrected chi connectivity index (χ1v) is 9.49. The number of aliphatic imine (C=N–C) groups is 1. The van der Waals surface area contributed by atoms with Gasteiger partial charge in [-0.1, -0.05) is 73.3 Å². The third-order valence-corrected chi connectivity index (χ3v) is 4.37. The molecule has 0 fully saturated rings. The van der Waals surface area contributed by atoms with Crippen molar-refractivity contribution in [2.24, 2.45) is 4.99 Å². The Bertz CT molecular complexity index is 1120. The van der Waals surface area contributed by atoms with E-state index in [1.807, 2.05) is 66.7 Å². The Kier molecular flexibility index (Phi) is 7.07. The molecule has 4 heteroatoms. The number of rotatable bonds is 7. The molecule has 0 radical (unpaired) electrons. The van der Waals surface area contributed by atoms with Gasteiger partial charge in [-0.3, -0.25) is 9.79 Å². The van der Waals surface area contributed by atoms with Crippen LogP contribution in [-0.4, -0.2) is 11.6 Å². The molecule has 0 saturated heterocycles. The second-order valence-electron chi connectivity index (χ2n) is 6.50. The van der Waals surface area contributed by atoms with Crippen LogP contribution in [0.15, 0.2) is 114 Å². The van der Waals surface area contributed by atoms with Crippen molar-refractivity contribution in [1.29, 1.82) is 5.26 Å². The summed E-state index contributed by atoms with van der Waals surface area (Å²) in [4.78, 5) is 17.4. The Morgan fingerprint density at radius 2 is 1.63 bits per heavy atom. The molecule has 146 valence electrons. The van der Waals surface area contributed by atoms with E-state index in [0.717, 1.165) is 16.8 Å². The fourth-order valence-electron chi connectivity index (χ4n) is 2.82. The third kappa shape index (κ3) is 5.63. The molecule has 0 spiro atoms. The lowest BCUT2D eigenvalue weighted by molar-refractivity contribution is 0.0967. The van der Waals surface area contributed by atoms with E-state index in [2.05, 4.69) is 11.9 Å². The van der Waals surface area contributed by atoms with Crippen molar-refractivity contribution < 1.29 is 4.79 Å². The quantitative estimate of drug-likeness (QED) is 0.452. The van der Waals surface area contributed by atoms with E-state index >= 15 is 0 Å². The predicted molar refractivity (Wildman–Crippen MR) is 120 cm³/mol. The van der Waals surface area contributed by atoms with Crippen molar-refractivity contribution in [3.05, 3.63) is 132 Å². The number of benzene rings is 3. The first-order valence-electron chi connectivity index (χ1n) is 9.49. The van der Waals surface area contributed by atoms with E-state index in [4.69, 9.17) is 10.3 Å². The van der Waals surface area contributed by atoms with Crippen molar-refractivity contribution in [3.63, 3.8) is 0 Å². The lowest BCUT2D eigenvalue weighted by atomic mass is 10.1. The molecule has 0 unspecified atom stereocenters. The fourth-order valence-corrected chi connectivity index (χ4v) is 2.82. The first kappa shape index (κ1) is 20.5. The molecule has 0 heterocycles. The number of allylic oxidation sites excluding steroid dienone is 2. The Morgan fingerprint density at radius 1 is 0.967 bits per heavy atom. The number of hydrogen-bond acceptors (Lipinski definition) is 3. The summed E-state index contributed by atoms with van der Waals surface area (Å²) in [5, 5.41) is 11.9. The molecule has 0 aliphatic rings. The maximum atomic E-state index is 12.6. The van der Waals surface area contributed by atoms with Gasteiger partial charge in [0.25, 0.3) is 5.91 Å². The van der Waals surface area contributed by atoms with E-state index in [0.29, 0.717) is 23.4 Å². The average Bonchev–Trinajstić information content (AvgIpc) is 2.82. The van der Waals surface area contributed by atoms with Gasteiger partial charge in [0.1, 0.15) is 0 Å². The van der Waals surface area contributed by atoms with Crippen LogP contribution in [0.5, 0.6) is 0 Å². The monoisotopic (exact) mass is 391 g/mol. The lowest BCUT2D eigenvalue weighted by Gasteiger charge is -2.09. The molecular weight excluding hydrogens is 370 g/mol. The highest BCUT2D eigenvalue weighted by Crippen LogP contribution is 2.10. The minimum Gasteiger partial charge on any atom is -0.322 e. The van der Waals surface area contributed by atoms with Crippen LogP contribution in [0, 0.1) is 11.3 Å². The SMILES string of the molecule is C=CC(=CC(=NCc1ccccc1)c1ccccc1)NC(=O)c1cccc(C#N)c1. The van der Waals surface area contributed by atoms with Gasteiger partial charge in [0.15, 0.2) is 0 Å². The molecule has 0 atom stereocenters. The highest BCUT2D eigenvalue weighted by atomic mass is 16.1. The largest absolute Gasteiger partial charge is 0.322 e. The summed E-state index contributed by atoms with van der Waals surface area (Å²) < 4.78 is 0. The number of nitriles is 1. The minimum atomic E-state index is -0.311. The van der Waals surface area contributed by atoms with E-state index in [9.17, 15) is 4.79 Å². The van der Waals surface area contributed by atoms with Crippen LogP contribution in [0.25, 0.3) is 0 Å². The van der Waals surface area contributed by atoms with Gasteiger partial charge in [0.05, 0.1) is 23.9 Å². The van der Waals surface area contributed by atoms with Crippen LogP contribution < -0.4 is 5.32 Å². The summed E-state index contributed by atoms with van der Waals surface area (Å²) >= 11 is 0. The molecule has 0 aliphatic heterocycles. The minimum absolute atomic E-state index is 0.311.